The molecule has 0 heterocycles. The van der Waals surface area contributed by atoms with Gasteiger partial charge in [-0.25, -0.2) is 0 Å². The first kappa shape index (κ1) is 21.2. The Balaban J connectivity index is 0.00000261. The molecule has 0 spiro atoms. The maximum absolute atomic E-state index is 9.96. The van der Waals surface area contributed by atoms with E-state index in [0.29, 0.717) is 22.5 Å². The summed E-state index contributed by atoms with van der Waals surface area (Å²) in [7, 11) is 0. The van der Waals surface area contributed by atoms with Gasteiger partial charge in [0.2, 0.25) is 0 Å². The van der Waals surface area contributed by atoms with Crippen LogP contribution in [0.4, 0.5) is 11.4 Å². The van der Waals surface area contributed by atoms with Crippen molar-refractivity contribution in [1.82, 2.24) is 0 Å². The Morgan fingerprint density at radius 2 is 1.04 bits per heavy atom. The van der Waals surface area contributed by atoms with Crippen molar-refractivity contribution in [2.75, 3.05) is 0 Å². The van der Waals surface area contributed by atoms with E-state index in [0.717, 1.165) is 0 Å². The van der Waals surface area contributed by atoms with Gasteiger partial charge in [-0.2, -0.15) is 0 Å². The molecule has 3 aromatic carbocycles. The Kier molecular flexibility index (Phi) is 7.61. The SMILES string of the molecule is Oc1c(Cl)cccc1C=Nc1ccccc1N=Cc1cccc(Cl)c1O.[Pt]. The smallest absolute Gasteiger partial charge is 0.142 e. The van der Waals surface area contributed by atoms with Crippen molar-refractivity contribution in [3.8, 4) is 11.5 Å². The van der Waals surface area contributed by atoms with Crippen molar-refractivity contribution < 1.29 is 31.3 Å². The fourth-order valence-electron chi connectivity index (χ4n) is 2.23. The Hall–Kier alpha value is -2.13. The van der Waals surface area contributed by atoms with Gasteiger partial charge < -0.3 is 10.2 Å². The zero-order valence-electron chi connectivity index (χ0n) is 13.8. The summed E-state index contributed by atoms with van der Waals surface area (Å²) in [5.41, 5.74) is 2.21. The van der Waals surface area contributed by atoms with E-state index in [1.807, 2.05) is 12.1 Å². The molecule has 0 saturated carbocycles. The molecular weight excluding hydrogens is 566 g/mol. The van der Waals surface area contributed by atoms with Crippen molar-refractivity contribution >= 4 is 47.0 Å². The second-order valence-corrected chi connectivity index (χ2v) is 6.17. The van der Waals surface area contributed by atoms with Crippen LogP contribution in [0.25, 0.3) is 0 Å². The van der Waals surface area contributed by atoms with Crippen LogP contribution in [-0.4, -0.2) is 22.6 Å². The van der Waals surface area contributed by atoms with Crippen LogP contribution in [0, 0.1) is 0 Å². The number of aromatic hydroxyl groups is 2. The largest absolute Gasteiger partial charge is 0.506 e. The van der Waals surface area contributed by atoms with Crippen molar-refractivity contribution in [2.45, 2.75) is 0 Å². The molecule has 0 aliphatic heterocycles. The van der Waals surface area contributed by atoms with E-state index >= 15 is 0 Å². The maximum atomic E-state index is 9.96. The number of rotatable bonds is 4. The van der Waals surface area contributed by atoms with Crippen molar-refractivity contribution in [3.63, 3.8) is 0 Å². The number of halogens is 2. The predicted octanol–water partition coefficient (Wildman–Crippen LogP) is 5.90. The minimum absolute atomic E-state index is 0. The van der Waals surface area contributed by atoms with Crippen LogP contribution in [0.5, 0.6) is 11.5 Å². The molecule has 7 heteroatoms. The molecule has 0 amide bonds. The van der Waals surface area contributed by atoms with Crippen LogP contribution in [0.1, 0.15) is 11.1 Å². The molecule has 0 aromatic heterocycles. The Morgan fingerprint density at radius 3 is 1.44 bits per heavy atom. The molecule has 0 saturated heterocycles. The van der Waals surface area contributed by atoms with E-state index in [1.54, 1.807) is 48.5 Å². The summed E-state index contributed by atoms with van der Waals surface area (Å²) >= 11 is 11.8. The van der Waals surface area contributed by atoms with E-state index in [2.05, 4.69) is 9.98 Å². The Labute approximate surface area is 181 Å². The minimum Gasteiger partial charge on any atom is -0.506 e. The van der Waals surface area contributed by atoms with Gasteiger partial charge in [0.25, 0.3) is 0 Å². The first-order valence-electron chi connectivity index (χ1n) is 7.68. The Bertz CT molecular complexity index is 927. The second-order valence-electron chi connectivity index (χ2n) is 5.36. The van der Waals surface area contributed by atoms with Crippen LogP contribution in [0.3, 0.4) is 0 Å². The average Bonchev–Trinajstić information content (AvgIpc) is 2.65. The van der Waals surface area contributed by atoms with Gasteiger partial charge in [-0.3, -0.25) is 9.98 Å². The number of para-hydroxylation sites is 4. The fourth-order valence-corrected chi connectivity index (χ4v) is 2.60. The first-order valence-corrected chi connectivity index (χ1v) is 8.44. The maximum Gasteiger partial charge on any atom is 0.142 e. The van der Waals surface area contributed by atoms with Crippen molar-refractivity contribution in [3.05, 3.63) is 81.8 Å². The quantitative estimate of drug-likeness (QED) is 0.378. The van der Waals surface area contributed by atoms with Crippen LogP contribution < -0.4 is 0 Å². The minimum atomic E-state index is -0.0252. The number of aliphatic imine (C=N–C) groups is 2. The van der Waals surface area contributed by atoms with Gasteiger partial charge in [0.05, 0.1) is 21.4 Å². The molecule has 0 bridgehead atoms. The van der Waals surface area contributed by atoms with Gasteiger partial charge in [0.15, 0.2) is 0 Å². The summed E-state index contributed by atoms with van der Waals surface area (Å²) in [6.07, 6.45) is 3.04. The molecule has 3 rings (SSSR count). The second kappa shape index (κ2) is 9.70. The predicted molar refractivity (Wildman–Crippen MR) is 107 cm³/mol. The standard InChI is InChI=1S/C20H14Cl2N2O2.Pt/c21-15-7-3-5-13(19(15)25)11-23-17-9-1-2-10-18(17)24-12-14-6-4-8-16(22)20(14)26;/h1-12,25-26H;. The number of phenols is 2. The third-order valence-corrected chi connectivity index (χ3v) is 4.21. The molecule has 27 heavy (non-hydrogen) atoms. The van der Waals surface area contributed by atoms with Crippen LogP contribution in [-0.2, 0) is 21.1 Å². The van der Waals surface area contributed by atoms with Crippen LogP contribution >= 0.6 is 23.2 Å². The summed E-state index contributed by atoms with van der Waals surface area (Å²) in [5, 5.41) is 20.4. The van der Waals surface area contributed by atoms with Gasteiger partial charge in [-0.05, 0) is 36.4 Å². The van der Waals surface area contributed by atoms with Crippen molar-refractivity contribution in [2.24, 2.45) is 9.98 Å². The van der Waals surface area contributed by atoms with Gasteiger partial charge in [0, 0.05) is 44.6 Å². The monoisotopic (exact) mass is 579 g/mol. The summed E-state index contributed by atoms with van der Waals surface area (Å²) in [6.45, 7) is 0. The van der Waals surface area contributed by atoms with E-state index in [4.69, 9.17) is 23.2 Å². The number of benzene rings is 3. The molecule has 0 aliphatic rings. The van der Waals surface area contributed by atoms with Crippen LogP contribution in [0.15, 0.2) is 70.6 Å². The van der Waals surface area contributed by atoms with Gasteiger partial charge >= 0.3 is 0 Å². The molecular formula is C20H14Cl2N2O2Pt. The molecule has 4 nitrogen and oxygen atoms in total. The molecule has 0 atom stereocenters. The molecule has 0 aliphatic carbocycles. The van der Waals surface area contributed by atoms with E-state index < -0.39 is 0 Å². The molecule has 0 unspecified atom stereocenters. The van der Waals surface area contributed by atoms with Gasteiger partial charge in [-0.15, -0.1) is 0 Å². The number of phenolic OH excluding ortho intramolecular Hbond substituents is 2. The summed E-state index contributed by atoms with van der Waals surface area (Å²) in [6, 6.07) is 17.3. The van der Waals surface area contributed by atoms with E-state index in [1.165, 1.54) is 12.4 Å². The normalized spacial score (nSPS) is 11.0. The summed E-state index contributed by atoms with van der Waals surface area (Å²) in [5.74, 6) is -0.0505. The number of hydrogen-bond acceptors (Lipinski definition) is 4. The zero-order valence-corrected chi connectivity index (χ0v) is 17.6. The van der Waals surface area contributed by atoms with Gasteiger partial charge in [0.1, 0.15) is 11.5 Å². The average molecular weight is 580 g/mol. The molecule has 2 N–H and O–H groups in total. The topological polar surface area (TPSA) is 65.2 Å². The van der Waals surface area contributed by atoms with Crippen molar-refractivity contribution in [1.29, 1.82) is 0 Å². The van der Waals surface area contributed by atoms with E-state index in [9.17, 15) is 10.2 Å². The molecule has 0 fully saturated rings. The first-order chi connectivity index (χ1) is 12.6. The number of nitrogens with zero attached hydrogens (tertiary/aromatic N) is 2. The van der Waals surface area contributed by atoms with Crippen LogP contribution in [0.2, 0.25) is 10.0 Å². The fraction of sp³-hybridized carbons (Fsp3) is 0. The molecule has 0 radical (unpaired) electrons. The molecule has 140 valence electrons. The summed E-state index contributed by atoms with van der Waals surface area (Å²) < 4.78 is 0. The summed E-state index contributed by atoms with van der Waals surface area (Å²) in [4.78, 5) is 8.77. The van der Waals surface area contributed by atoms with Gasteiger partial charge in [-0.1, -0.05) is 47.5 Å². The number of hydrogen-bond donors (Lipinski definition) is 2. The third-order valence-electron chi connectivity index (χ3n) is 3.60. The van der Waals surface area contributed by atoms with E-state index in [-0.39, 0.29) is 42.6 Å². The molecule has 3 aromatic rings. The third kappa shape index (κ3) is 5.20. The Morgan fingerprint density at radius 1 is 0.630 bits per heavy atom. The zero-order chi connectivity index (χ0) is 18.5.